The van der Waals surface area contributed by atoms with Crippen molar-refractivity contribution in [2.45, 2.75) is 6.92 Å². The van der Waals surface area contributed by atoms with Crippen molar-refractivity contribution in [3.05, 3.63) is 92.8 Å². The molecule has 4 rings (SSSR count). The van der Waals surface area contributed by atoms with Gasteiger partial charge in [0, 0.05) is 18.9 Å². The molecule has 0 unspecified atom stereocenters. The molecule has 156 valence electrons. The third kappa shape index (κ3) is 3.71. The number of methoxy groups -OCH3 is 1. The lowest BCUT2D eigenvalue weighted by Crippen LogP contribution is -2.38. The lowest BCUT2D eigenvalue weighted by atomic mass is 10.2. The van der Waals surface area contributed by atoms with E-state index in [-0.39, 0.29) is 16.6 Å². The Hall–Kier alpha value is -4.20. The summed E-state index contributed by atoms with van der Waals surface area (Å²) in [6.45, 7) is 1.93. The van der Waals surface area contributed by atoms with Crippen molar-refractivity contribution in [3.8, 4) is 11.4 Å². The number of benzene rings is 2. The van der Waals surface area contributed by atoms with Gasteiger partial charge in [0.1, 0.15) is 5.75 Å². The third-order valence-electron chi connectivity index (χ3n) is 4.96. The van der Waals surface area contributed by atoms with Crippen LogP contribution in [-0.4, -0.2) is 27.1 Å². The van der Waals surface area contributed by atoms with E-state index in [0.717, 1.165) is 10.1 Å². The van der Waals surface area contributed by atoms with Crippen molar-refractivity contribution in [1.82, 2.24) is 14.1 Å². The molecule has 0 spiro atoms. The van der Waals surface area contributed by atoms with Crippen LogP contribution in [0.25, 0.3) is 16.7 Å². The Labute approximate surface area is 177 Å². The van der Waals surface area contributed by atoms with Crippen LogP contribution in [0, 0.1) is 6.92 Å². The number of pyridine rings is 1. The van der Waals surface area contributed by atoms with Gasteiger partial charge in [-0.25, -0.2) is 14.3 Å². The zero-order valence-corrected chi connectivity index (χ0v) is 17.2. The topological polar surface area (TPSA) is 95.2 Å². The van der Waals surface area contributed by atoms with Gasteiger partial charge >= 0.3 is 5.69 Å². The van der Waals surface area contributed by atoms with E-state index in [1.807, 2.05) is 25.1 Å². The highest BCUT2D eigenvalue weighted by Crippen LogP contribution is 2.18. The number of nitrogens with zero attached hydrogens (tertiary/aromatic N) is 3. The van der Waals surface area contributed by atoms with Crippen LogP contribution in [0.2, 0.25) is 0 Å². The van der Waals surface area contributed by atoms with Gasteiger partial charge in [0.05, 0.1) is 23.7 Å². The first-order chi connectivity index (χ1) is 14.9. The third-order valence-corrected chi connectivity index (χ3v) is 4.96. The van der Waals surface area contributed by atoms with Crippen molar-refractivity contribution < 1.29 is 9.53 Å². The van der Waals surface area contributed by atoms with Gasteiger partial charge in [-0.05, 0) is 55.0 Å². The van der Waals surface area contributed by atoms with Crippen LogP contribution in [-0.2, 0) is 7.05 Å². The molecule has 0 atom stereocenters. The highest BCUT2D eigenvalue weighted by molar-refractivity contribution is 6.05. The van der Waals surface area contributed by atoms with E-state index in [9.17, 15) is 14.4 Å². The van der Waals surface area contributed by atoms with Crippen LogP contribution in [0.1, 0.15) is 15.9 Å². The molecule has 1 N–H and O–H groups in total. The first-order valence-corrected chi connectivity index (χ1v) is 9.53. The van der Waals surface area contributed by atoms with Crippen LogP contribution < -0.4 is 21.3 Å². The van der Waals surface area contributed by atoms with E-state index < -0.39 is 17.2 Å². The summed E-state index contributed by atoms with van der Waals surface area (Å²) in [6.07, 6.45) is 1.35. The Morgan fingerprint density at radius 2 is 1.81 bits per heavy atom. The zero-order valence-electron chi connectivity index (χ0n) is 17.2. The maximum atomic E-state index is 12.8. The summed E-state index contributed by atoms with van der Waals surface area (Å²) in [5.74, 6) is 0.234. The number of carbonyl (C=O) groups is 1. The summed E-state index contributed by atoms with van der Waals surface area (Å²) in [4.78, 5) is 42.6. The van der Waals surface area contributed by atoms with Gasteiger partial charge in [0.25, 0.3) is 11.5 Å². The van der Waals surface area contributed by atoms with Gasteiger partial charge in [0.15, 0.2) is 5.65 Å². The second kappa shape index (κ2) is 7.91. The van der Waals surface area contributed by atoms with Gasteiger partial charge < -0.3 is 10.1 Å². The lowest BCUT2D eigenvalue weighted by Gasteiger charge is -2.13. The number of aryl methyl sites for hydroxylation is 1. The van der Waals surface area contributed by atoms with E-state index >= 15 is 0 Å². The van der Waals surface area contributed by atoms with Crippen molar-refractivity contribution in [2.75, 3.05) is 12.4 Å². The number of hydrogen-bond acceptors (Lipinski definition) is 5. The van der Waals surface area contributed by atoms with Gasteiger partial charge in [-0.3, -0.25) is 14.2 Å². The van der Waals surface area contributed by atoms with Crippen LogP contribution in [0.3, 0.4) is 0 Å². The second-order valence-electron chi connectivity index (χ2n) is 7.10. The Morgan fingerprint density at radius 3 is 2.48 bits per heavy atom. The summed E-state index contributed by atoms with van der Waals surface area (Å²) in [6, 6.07) is 15.7. The molecule has 0 bridgehead atoms. The van der Waals surface area contributed by atoms with Crippen LogP contribution in [0.5, 0.6) is 5.75 Å². The standard InChI is InChI=1S/C23H20N4O4/c1-14-5-4-6-16(11-14)25-21(28)15-12-19-20(24-13-15)27(23(30)26(2)22(19)29)17-7-9-18(31-3)10-8-17/h4-13H,1-3H3,(H,25,28). The fourth-order valence-corrected chi connectivity index (χ4v) is 3.32. The van der Waals surface area contributed by atoms with Crippen LogP contribution in [0.4, 0.5) is 5.69 Å². The monoisotopic (exact) mass is 416 g/mol. The maximum Gasteiger partial charge on any atom is 0.337 e. The first kappa shape index (κ1) is 20.1. The second-order valence-corrected chi connectivity index (χ2v) is 7.10. The van der Waals surface area contributed by atoms with Crippen LogP contribution >= 0.6 is 0 Å². The van der Waals surface area contributed by atoms with E-state index in [1.54, 1.807) is 37.4 Å². The number of anilines is 1. The van der Waals surface area contributed by atoms with Crippen molar-refractivity contribution >= 4 is 22.6 Å². The highest BCUT2D eigenvalue weighted by atomic mass is 16.5. The molecule has 2 aromatic carbocycles. The molecule has 0 radical (unpaired) electrons. The van der Waals surface area contributed by atoms with Gasteiger partial charge in [-0.15, -0.1) is 0 Å². The van der Waals surface area contributed by atoms with Crippen molar-refractivity contribution in [1.29, 1.82) is 0 Å². The summed E-state index contributed by atoms with van der Waals surface area (Å²) in [5, 5.41) is 2.96. The molecule has 0 saturated carbocycles. The Kier molecular flexibility index (Phi) is 5.12. The molecule has 0 aliphatic heterocycles. The maximum absolute atomic E-state index is 12.8. The smallest absolute Gasteiger partial charge is 0.337 e. The molecule has 8 heteroatoms. The molecule has 4 aromatic rings. The predicted octanol–water partition coefficient (Wildman–Crippen LogP) is 2.65. The average Bonchev–Trinajstić information content (AvgIpc) is 2.78. The van der Waals surface area contributed by atoms with E-state index in [0.29, 0.717) is 17.1 Å². The normalized spacial score (nSPS) is 10.8. The minimum atomic E-state index is -0.535. The minimum Gasteiger partial charge on any atom is -0.497 e. The molecule has 0 saturated heterocycles. The highest BCUT2D eigenvalue weighted by Gasteiger charge is 2.16. The van der Waals surface area contributed by atoms with Crippen LogP contribution in [0.15, 0.2) is 70.4 Å². The zero-order chi connectivity index (χ0) is 22.1. The number of rotatable bonds is 4. The molecule has 1 amide bonds. The SMILES string of the molecule is COc1ccc(-n2c(=O)n(C)c(=O)c3cc(C(=O)Nc4cccc(C)c4)cnc32)cc1. The predicted molar refractivity (Wildman–Crippen MR) is 118 cm³/mol. The number of aromatic nitrogens is 3. The van der Waals surface area contributed by atoms with E-state index in [2.05, 4.69) is 10.3 Å². The first-order valence-electron chi connectivity index (χ1n) is 9.53. The van der Waals surface area contributed by atoms with Crippen molar-refractivity contribution in [2.24, 2.45) is 7.05 Å². The molecule has 8 nitrogen and oxygen atoms in total. The van der Waals surface area contributed by atoms with Gasteiger partial charge in [-0.2, -0.15) is 0 Å². The molecule has 2 heterocycles. The summed E-state index contributed by atoms with van der Waals surface area (Å²) in [7, 11) is 2.94. The summed E-state index contributed by atoms with van der Waals surface area (Å²) >= 11 is 0. The molecule has 0 aliphatic carbocycles. The van der Waals surface area contributed by atoms with Crippen molar-refractivity contribution in [3.63, 3.8) is 0 Å². The van der Waals surface area contributed by atoms with E-state index in [1.165, 1.54) is 23.9 Å². The molecule has 2 aromatic heterocycles. The number of ether oxygens (including phenoxy) is 1. The Morgan fingerprint density at radius 1 is 1.06 bits per heavy atom. The number of amides is 1. The van der Waals surface area contributed by atoms with Gasteiger partial charge in [0.2, 0.25) is 0 Å². The molecule has 0 aliphatic rings. The average molecular weight is 416 g/mol. The largest absolute Gasteiger partial charge is 0.497 e. The number of fused-ring (bicyclic) bond motifs is 1. The Balaban J connectivity index is 1.83. The summed E-state index contributed by atoms with van der Waals surface area (Å²) < 4.78 is 7.49. The van der Waals surface area contributed by atoms with Gasteiger partial charge in [-0.1, -0.05) is 12.1 Å². The molecular formula is C23H20N4O4. The molecule has 31 heavy (non-hydrogen) atoms. The minimum absolute atomic E-state index is 0.162. The molecule has 0 fully saturated rings. The number of nitrogens with one attached hydrogen (secondary N) is 1. The number of carbonyl (C=O) groups excluding carboxylic acids is 1. The summed E-state index contributed by atoms with van der Waals surface area (Å²) in [5.41, 5.74) is 1.50. The fourth-order valence-electron chi connectivity index (χ4n) is 3.32. The Bertz CT molecular complexity index is 1420. The lowest BCUT2D eigenvalue weighted by molar-refractivity contribution is 0.102. The number of hydrogen-bond donors (Lipinski definition) is 1. The fraction of sp³-hybridized carbons (Fsp3) is 0.130. The molecular weight excluding hydrogens is 396 g/mol. The van der Waals surface area contributed by atoms with E-state index in [4.69, 9.17) is 4.74 Å². The quantitative estimate of drug-likeness (QED) is 0.552.